The Labute approximate surface area is 108 Å². The molecule has 6 nitrogen and oxygen atoms in total. The molecule has 0 spiro atoms. The Balaban J connectivity index is 1.90. The number of hydrogen-bond acceptors (Lipinski definition) is 4. The van der Waals surface area contributed by atoms with Gasteiger partial charge in [0.25, 0.3) is 0 Å². The van der Waals surface area contributed by atoms with Crippen LogP contribution in [-0.4, -0.2) is 24.5 Å². The standard InChI is InChI=1S/C11H11ClN6/c1-18-5-4-13-8(18)6-15-10-7-2-3-14-9(7)16-11(12)17-10/h2-5H,6H2,1H3,(H2,14,15,16,17). The minimum Gasteiger partial charge on any atom is -0.362 e. The number of hydrogen-bond donors (Lipinski definition) is 2. The zero-order valence-electron chi connectivity index (χ0n) is 9.68. The second-order valence-corrected chi connectivity index (χ2v) is 4.23. The average Bonchev–Trinajstić information content (AvgIpc) is 2.94. The topological polar surface area (TPSA) is 71.4 Å². The van der Waals surface area contributed by atoms with Gasteiger partial charge in [-0.2, -0.15) is 4.98 Å². The van der Waals surface area contributed by atoms with E-state index in [0.29, 0.717) is 12.4 Å². The number of imidazole rings is 1. The molecule has 3 rings (SSSR count). The Morgan fingerprint density at radius 1 is 1.44 bits per heavy atom. The summed E-state index contributed by atoms with van der Waals surface area (Å²) >= 11 is 5.87. The largest absolute Gasteiger partial charge is 0.362 e. The first-order chi connectivity index (χ1) is 8.74. The van der Waals surface area contributed by atoms with Crippen LogP contribution in [0.3, 0.4) is 0 Å². The van der Waals surface area contributed by atoms with Crippen LogP contribution in [0.15, 0.2) is 24.7 Å². The van der Waals surface area contributed by atoms with Crippen molar-refractivity contribution < 1.29 is 0 Å². The Morgan fingerprint density at radius 3 is 3.11 bits per heavy atom. The number of rotatable bonds is 3. The smallest absolute Gasteiger partial charge is 0.226 e. The van der Waals surface area contributed by atoms with Gasteiger partial charge in [-0.15, -0.1) is 0 Å². The molecule has 0 bridgehead atoms. The summed E-state index contributed by atoms with van der Waals surface area (Å²) in [4.78, 5) is 15.5. The lowest BCUT2D eigenvalue weighted by molar-refractivity contribution is 0.811. The van der Waals surface area contributed by atoms with Crippen LogP contribution < -0.4 is 5.32 Å². The van der Waals surface area contributed by atoms with Crippen LogP contribution in [0.2, 0.25) is 5.28 Å². The van der Waals surface area contributed by atoms with E-state index >= 15 is 0 Å². The molecular formula is C11H11ClN6. The molecule has 7 heteroatoms. The maximum atomic E-state index is 5.87. The van der Waals surface area contributed by atoms with E-state index in [4.69, 9.17) is 11.6 Å². The van der Waals surface area contributed by atoms with Crippen molar-refractivity contribution in [2.75, 3.05) is 5.32 Å². The van der Waals surface area contributed by atoms with Gasteiger partial charge in [-0.1, -0.05) is 0 Å². The highest BCUT2D eigenvalue weighted by Gasteiger charge is 2.08. The molecule has 2 N–H and O–H groups in total. The molecule has 18 heavy (non-hydrogen) atoms. The van der Waals surface area contributed by atoms with E-state index in [1.165, 1.54) is 0 Å². The molecule has 0 unspecified atom stereocenters. The molecule has 3 heterocycles. The minimum atomic E-state index is 0.215. The molecule has 0 aliphatic heterocycles. The summed E-state index contributed by atoms with van der Waals surface area (Å²) < 4.78 is 1.95. The zero-order valence-corrected chi connectivity index (χ0v) is 10.4. The third-order valence-electron chi connectivity index (χ3n) is 2.72. The van der Waals surface area contributed by atoms with Crippen molar-refractivity contribution in [2.45, 2.75) is 6.54 Å². The fraction of sp³-hybridized carbons (Fsp3) is 0.182. The zero-order chi connectivity index (χ0) is 12.5. The number of halogens is 1. The lowest BCUT2D eigenvalue weighted by atomic mass is 10.3. The molecule has 0 aromatic carbocycles. The number of anilines is 1. The van der Waals surface area contributed by atoms with Crippen molar-refractivity contribution in [1.29, 1.82) is 0 Å². The maximum Gasteiger partial charge on any atom is 0.226 e. The van der Waals surface area contributed by atoms with Gasteiger partial charge in [-0.05, 0) is 17.7 Å². The van der Waals surface area contributed by atoms with Crippen molar-refractivity contribution >= 4 is 28.5 Å². The summed E-state index contributed by atoms with van der Waals surface area (Å²) in [5, 5.41) is 4.34. The fourth-order valence-electron chi connectivity index (χ4n) is 1.78. The van der Waals surface area contributed by atoms with Gasteiger partial charge < -0.3 is 14.9 Å². The summed E-state index contributed by atoms with van der Waals surface area (Å²) in [5.41, 5.74) is 0.720. The van der Waals surface area contributed by atoms with Crippen LogP contribution >= 0.6 is 11.6 Å². The number of aromatic amines is 1. The SMILES string of the molecule is Cn1ccnc1CNc1nc(Cl)nc2[nH]ccc12. The van der Waals surface area contributed by atoms with Gasteiger partial charge in [0.05, 0.1) is 11.9 Å². The second kappa shape index (κ2) is 4.30. The molecule has 92 valence electrons. The lowest BCUT2D eigenvalue weighted by Gasteiger charge is -2.06. The van der Waals surface area contributed by atoms with Crippen LogP contribution in [-0.2, 0) is 13.6 Å². The van der Waals surface area contributed by atoms with E-state index in [-0.39, 0.29) is 5.28 Å². The molecule has 0 saturated carbocycles. The van der Waals surface area contributed by atoms with Crippen LogP contribution in [0.1, 0.15) is 5.82 Å². The predicted molar refractivity (Wildman–Crippen MR) is 69.4 cm³/mol. The van der Waals surface area contributed by atoms with Crippen LogP contribution in [0.5, 0.6) is 0 Å². The van der Waals surface area contributed by atoms with Gasteiger partial charge in [0.1, 0.15) is 17.3 Å². The predicted octanol–water partition coefficient (Wildman–Crippen LogP) is 1.96. The summed E-state index contributed by atoms with van der Waals surface area (Å²) in [7, 11) is 1.95. The van der Waals surface area contributed by atoms with Gasteiger partial charge in [0.2, 0.25) is 5.28 Å². The van der Waals surface area contributed by atoms with E-state index in [0.717, 1.165) is 16.9 Å². The molecule has 0 aliphatic carbocycles. The number of aromatic nitrogens is 5. The normalized spacial score (nSPS) is 11.0. The number of nitrogens with one attached hydrogen (secondary N) is 2. The molecule has 0 saturated heterocycles. The van der Waals surface area contributed by atoms with Crippen molar-refractivity contribution in [3.05, 3.63) is 35.8 Å². The first-order valence-electron chi connectivity index (χ1n) is 5.45. The van der Waals surface area contributed by atoms with Crippen LogP contribution in [0.4, 0.5) is 5.82 Å². The molecule has 0 atom stereocenters. The molecule has 0 radical (unpaired) electrons. The lowest BCUT2D eigenvalue weighted by Crippen LogP contribution is -2.07. The Kier molecular flexibility index (Phi) is 2.64. The summed E-state index contributed by atoms with van der Waals surface area (Å²) in [6.07, 6.45) is 5.47. The summed E-state index contributed by atoms with van der Waals surface area (Å²) in [5.74, 6) is 1.63. The highest BCUT2D eigenvalue weighted by atomic mass is 35.5. The number of aryl methyl sites for hydroxylation is 1. The molecular weight excluding hydrogens is 252 g/mol. The van der Waals surface area contributed by atoms with Gasteiger partial charge >= 0.3 is 0 Å². The van der Waals surface area contributed by atoms with Gasteiger partial charge in [0, 0.05) is 25.6 Å². The van der Waals surface area contributed by atoms with E-state index in [2.05, 4.69) is 25.3 Å². The number of H-pyrrole nitrogens is 1. The Morgan fingerprint density at radius 2 is 2.33 bits per heavy atom. The first-order valence-corrected chi connectivity index (χ1v) is 5.82. The second-order valence-electron chi connectivity index (χ2n) is 3.89. The summed E-state index contributed by atoms with van der Waals surface area (Å²) in [6.45, 7) is 0.580. The third kappa shape index (κ3) is 1.91. The van der Waals surface area contributed by atoms with Crippen LogP contribution in [0.25, 0.3) is 11.0 Å². The number of fused-ring (bicyclic) bond motifs is 1. The highest BCUT2D eigenvalue weighted by Crippen LogP contribution is 2.21. The molecule has 3 aromatic heterocycles. The monoisotopic (exact) mass is 262 g/mol. The van der Waals surface area contributed by atoms with Crippen molar-refractivity contribution in [3.8, 4) is 0 Å². The van der Waals surface area contributed by atoms with Crippen molar-refractivity contribution in [1.82, 2.24) is 24.5 Å². The van der Waals surface area contributed by atoms with Crippen molar-refractivity contribution in [2.24, 2.45) is 7.05 Å². The number of nitrogens with zero attached hydrogens (tertiary/aromatic N) is 4. The quantitative estimate of drug-likeness (QED) is 0.708. The Bertz CT molecular complexity index is 686. The molecule has 0 amide bonds. The van der Waals surface area contributed by atoms with Crippen LogP contribution in [0, 0.1) is 0 Å². The maximum absolute atomic E-state index is 5.87. The van der Waals surface area contributed by atoms with Crippen molar-refractivity contribution in [3.63, 3.8) is 0 Å². The van der Waals surface area contributed by atoms with E-state index in [9.17, 15) is 0 Å². The van der Waals surface area contributed by atoms with Gasteiger partial charge in [-0.3, -0.25) is 0 Å². The molecule has 0 fully saturated rings. The average molecular weight is 263 g/mol. The fourth-order valence-corrected chi connectivity index (χ4v) is 1.95. The van der Waals surface area contributed by atoms with E-state index in [1.54, 1.807) is 6.20 Å². The van der Waals surface area contributed by atoms with Gasteiger partial charge in [-0.25, -0.2) is 9.97 Å². The van der Waals surface area contributed by atoms with E-state index in [1.807, 2.05) is 30.1 Å². The highest BCUT2D eigenvalue weighted by molar-refractivity contribution is 6.28. The molecule has 3 aromatic rings. The van der Waals surface area contributed by atoms with Gasteiger partial charge in [0.15, 0.2) is 0 Å². The first kappa shape index (κ1) is 11.0. The summed E-state index contributed by atoms with van der Waals surface area (Å²) in [6, 6.07) is 1.91. The van der Waals surface area contributed by atoms with E-state index < -0.39 is 0 Å². The third-order valence-corrected chi connectivity index (χ3v) is 2.89. The minimum absolute atomic E-state index is 0.215. The molecule has 0 aliphatic rings. The Hall–Kier alpha value is -2.08.